The third kappa shape index (κ3) is 3.10. The van der Waals surface area contributed by atoms with E-state index in [0.29, 0.717) is 0 Å². The Morgan fingerprint density at radius 1 is 0.913 bits per heavy atom. The van der Waals surface area contributed by atoms with Crippen molar-refractivity contribution in [1.29, 1.82) is 0 Å². The standard InChI is InChI=1S/C19H19N3.ClH/c1-2-6-14(7-3-1)19-16(10-11-18-20-12-13-21-18)15-8-4-5-9-17(15)22-19;/h1-9,22H,10-13H2,(H,20,21);1H. The van der Waals surface area contributed by atoms with Gasteiger partial charge in [0.05, 0.1) is 12.4 Å². The topological polar surface area (TPSA) is 40.2 Å². The minimum Gasteiger partial charge on any atom is -0.372 e. The van der Waals surface area contributed by atoms with Crippen LogP contribution in [0.25, 0.3) is 22.2 Å². The number of nitrogens with one attached hydrogen (secondary N) is 2. The van der Waals surface area contributed by atoms with Crippen LogP contribution in [0.15, 0.2) is 59.6 Å². The number of aliphatic imine (C=N–C) groups is 1. The number of halogens is 1. The van der Waals surface area contributed by atoms with Gasteiger partial charge in [0.2, 0.25) is 0 Å². The summed E-state index contributed by atoms with van der Waals surface area (Å²) in [5, 5.41) is 4.69. The molecule has 0 atom stereocenters. The van der Waals surface area contributed by atoms with Crippen LogP contribution >= 0.6 is 12.4 Å². The number of rotatable bonds is 4. The van der Waals surface area contributed by atoms with E-state index in [-0.39, 0.29) is 12.4 Å². The van der Waals surface area contributed by atoms with Crippen LogP contribution in [0.2, 0.25) is 0 Å². The van der Waals surface area contributed by atoms with Crippen molar-refractivity contribution in [2.75, 3.05) is 13.1 Å². The fraction of sp³-hybridized carbons (Fsp3) is 0.211. The van der Waals surface area contributed by atoms with Gasteiger partial charge in [0.25, 0.3) is 0 Å². The van der Waals surface area contributed by atoms with Crippen molar-refractivity contribution in [3.63, 3.8) is 0 Å². The average Bonchev–Trinajstić information content (AvgIpc) is 3.21. The zero-order chi connectivity index (χ0) is 14.8. The Morgan fingerprint density at radius 2 is 1.70 bits per heavy atom. The van der Waals surface area contributed by atoms with E-state index in [1.54, 1.807) is 0 Å². The van der Waals surface area contributed by atoms with Gasteiger partial charge in [0.15, 0.2) is 0 Å². The summed E-state index contributed by atoms with van der Waals surface area (Å²) in [6, 6.07) is 19.1. The first kappa shape index (κ1) is 15.6. The van der Waals surface area contributed by atoms with Crippen LogP contribution in [0.1, 0.15) is 12.0 Å². The van der Waals surface area contributed by atoms with E-state index >= 15 is 0 Å². The minimum atomic E-state index is 0. The van der Waals surface area contributed by atoms with Gasteiger partial charge in [-0.05, 0) is 23.6 Å². The molecule has 2 N–H and O–H groups in total. The Morgan fingerprint density at radius 3 is 2.48 bits per heavy atom. The Balaban J connectivity index is 0.00000156. The molecule has 23 heavy (non-hydrogen) atoms. The molecule has 0 saturated heterocycles. The van der Waals surface area contributed by atoms with E-state index in [1.807, 2.05) is 0 Å². The molecule has 3 nitrogen and oxygen atoms in total. The molecule has 4 rings (SSSR count). The van der Waals surface area contributed by atoms with Gasteiger partial charge in [-0.25, -0.2) is 0 Å². The molecule has 118 valence electrons. The largest absolute Gasteiger partial charge is 0.372 e. The van der Waals surface area contributed by atoms with E-state index < -0.39 is 0 Å². The molecule has 2 heterocycles. The van der Waals surface area contributed by atoms with Crippen LogP contribution in [0, 0.1) is 0 Å². The summed E-state index contributed by atoms with van der Waals surface area (Å²) >= 11 is 0. The van der Waals surface area contributed by atoms with Crippen molar-refractivity contribution in [3.05, 3.63) is 60.2 Å². The molecule has 0 radical (unpaired) electrons. The third-order valence-electron chi connectivity index (χ3n) is 4.23. The average molecular weight is 326 g/mol. The molecule has 4 heteroatoms. The van der Waals surface area contributed by atoms with E-state index in [2.05, 4.69) is 69.9 Å². The number of aryl methyl sites for hydroxylation is 1. The second kappa shape index (κ2) is 6.88. The number of H-pyrrole nitrogens is 1. The number of fused-ring (bicyclic) bond motifs is 1. The highest BCUT2D eigenvalue weighted by atomic mass is 35.5. The lowest BCUT2D eigenvalue weighted by Crippen LogP contribution is -2.18. The van der Waals surface area contributed by atoms with Crippen molar-refractivity contribution in [3.8, 4) is 11.3 Å². The number of aromatic nitrogens is 1. The van der Waals surface area contributed by atoms with Gasteiger partial charge in [0.1, 0.15) is 0 Å². The van der Waals surface area contributed by atoms with Crippen LogP contribution in [-0.2, 0) is 6.42 Å². The third-order valence-corrected chi connectivity index (χ3v) is 4.23. The summed E-state index contributed by atoms with van der Waals surface area (Å²) in [5.41, 5.74) is 5.08. The molecule has 0 fully saturated rings. The molecule has 2 aromatic carbocycles. The highest BCUT2D eigenvalue weighted by molar-refractivity contribution is 5.92. The van der Waals surface area contributed by atoms with E-state index in [9.17, 15) is 0 Å². The van der Waals surface area contributed by atoms with Gasteiger partial charge in [0, 0.05) is 29.6 Å². The molecular formula is C19H20ClN3. The first-order valence-electron chi connectivity index (χ1n) is 7.84. The van der Waals surface area contributed by atoms with Crippen molar-refractivity contribution >= 4 is 29.1 Å². The van der Waals surface area contributed by atoms with Crippen molar-refractivity contribution in [2.24, 2.45) is 4.99 Å². The van der Waals surface area contributed by atoms with Crippen molar-refractivity contribution in [1.82, 2.24) is 10.3 Å². The number of amidine groups is 1. The Labute approximate surface area is 142 Å². The molecule has 0 unspecified atom stereocenters. The maximum atomic E-state index is 4.51. The van der Waals surface area contributed by atoms with Crippen molar-refractivity contribution < 1.29 is 0 Å². The second-order valence-corrected chi connectivity index (χ2v) is 5.65. The zero-order valence-electron chi connectivity index (χ0n) is 12.9. The first-order valence-corrected chi connectivity index (χ1v) is 7.84. The molecule has 1 aliphatic rings. The Kier molecular flexibility index (Phi) is 4.68. The highest BCUT2D eigenvalue weighted by Crippen LogP contribution is 2.31. The van der Waals surface area contributed by atoms with Gasteiger partial charge in [-0.2, -0.15) is 0 Å². The van der Waals surface area contributed by atoms with E-state index in [0.717, 1.165) is 31.8 Å². The zero-order valence-corrected chi connectivity index (χ0v) is 13.7. The van der Waals surface area contributed by atoms with E-state index in [1.165, 1.54) is 27.7 Å². The maximum absolute atomic E-state index is 4.51. The van der Waals surface area contributed by atoms with E-state index in [4.69, 9.17) is 0 Å². The van der Waals surface area contributed by atoms with Gasteiger partial charge in [-0.1, -0.05) is 48.5 Å². The summed E-state index contributed by atoms with van der Waals surface area (Å²) in [6.07, 6.45) is 1.97. The normalized spacial score (nSPS) is 13.5. The molecule has 0 spiro atoms. The SMILES string of the molecule is Cl.c1ccc(-c2[nH]c3ccccc3c2CCC2=NCCN2)cc1. The quantitative estimate of drug-likeness (QED) is 0.742. The molecule has 3 aromatic rings. The molecule has 0 bridgehead atoms. The lowest BCUT2D eigenvalue weighted by molar-refractivity contribution is 0.936. The fourth-order valence-corrected chi connectivity index (χ4v) is 3.17. The maximum Gasteiger partial charge on any atom is 0.0967 e. The van der Waals surface area contributed by atoms with Crippen LogP contribution in [-0.4, -0.2) is 23.9 Å². The number of hydrogen-bond donors (Lipinski definition) is 2. The second-order valence-electron chi connectivity index (χ2n) is 5.65. The Bertz CT molecular complexity index is 821. The molecule has 1 aromatic heterocycles. The number of hydrogen-bond acceptors (Lipinski definition) is 2. The number of nitrogens with zero attached hydrogens (tertiary/aromatic N) is 1. The summed E-state index contributed by atoms with van der Waals surface area (Å²) < 4.78 is 0. The van der Waals surface area contributed by atoms with Crippen LogP contribution < -0.4 is 5.32 Å². The van der Waals surface area contributed by atoms with Crippen LogP contribution in [0.5, 0.6) is 0 Å². The summed E-state index contributed by atoms with van der Waals surface area (Å²) in [5.74, 6) is 1.14. The highest BCUT2D eigenvalue weighted by Gasteiger charge is 2.14. The Hall–Kier alpha value is -2.26. The predicted molar refractivity (Wildman–Crippen MR) is 99.6 cm³/mol. The van der Waals surface area contributed by atoms with Crippen molar-refractivity contribution in [2.45, 2.75) is 12.8 Å². The van der Waals surface area contributed by atoms with Gasteiger partial charge >= 0.3 is 0 Å². The van der Waals surface area contributed by atoms with Gasteiger partial charge in [-0.3, -0.25) is 4.99 Å². The molecule has 0 aliphatic carbocycles. The molecule has 1 aliphatic heterocycles. The summed E-state index contributed by atoms with van der Waals surface area (Å²) in [4.78, 5) is 8.11. The number of para-hydroxylation sites is 1. The number of aromatic amines is 1. The lowest BCUT2D eigenvalue weighted by atomic mass is 10.0. The summed E-state index contributed by atoms with van der Waals surface area (Å²) in [7, 11) is 0. The summed E-state index contributed by atoms with van der Waals surface area (Å²) in [6.45, 7) is 1.89. The molecule has 0 saturated carbocycles. The fourth-order valence-electron chi connectivity index (χ4n) is 3.17. The molecular weight excluding hydrogens is 306 g/mol. The van der Waals surface area contributed by atoms with Crippen LogP contribution in [0.3, 0.4) is 0 Å². The first-order chi connectivity index (χ1) is 10.9. The smallest absolute Gasteiger partial charge is 0.0967 e. The monoisotopic (exact) mass is 325 g/mol. The minimum absolute atomic E-state index is 0. The predicted octanol–water partition coefficient (Wildman–Crippen LogP) is 4.19. The van der Waals surface area contributed by atoms with Crippen LogP contribution in [0.4, 0.5) is 0 Å². The number of benzene rings is 2. The van der Waals surface area contributed by atoms with Gasteiger partial charge in [-0.15, -0.1) is 12.4 Å². The van der Waals surface area contributed by atoms with Gasteiger partial charge < -0.3 is 10.3 Å². The molecule has 0 amide bonds. The lowest BCUT2D eigenvalue weighted by Gasteiger charge is -2.06.